The molecule has 0 radical (unpaired) electrons. The first kappa shape index (κ1) is 9.92. The molecule has 0 saturated heterocycles. The first-order valence-corrected chi connectivity index (χ1v) is 5.31. The van der Waals surface area contributed by atoms with Gasteiger partial charge in [-0.05, 0) is 18.4 Å². The van der Waals surface area contributed by atoms with Crippen LogP contribution < -0.4 is 10.5 Å². The Kier molecular flexibility index (Phi) is 2.55. The second-order valence-corrected chi connectivity index (χ2v) is 4.16. The molecule has 0 aliphatic carbocycles. The van der Waals surface area contributed by atoms with Crippen LogP contribution in [0.25, 0.3) is 11.3 Å². The van der Waals surface area contributed by atoms with Crippen LogP contribution in [0.2, 0.25) is 0 Å². The summed E-state index contributed by atoms with van der Waals surface area (Å²) >= 11 is 1.68. The molecular weight excluding hydrogens is 210 g/mol. The first-order valence-electron chi connectivity index (χ1n) is 4.43. The SMILES string of the molecule is COc1cc(-c2ccsc2C)nc(N)n1. The summed E-state index contributed by atoms with van der Waals surface area (Å²) in [4.78, 5) is 9.32. The number of hydrogen-bond acceptors (Lipinski definition) is 5. The second kappa shape index (κ2) is 3.86. The van der Waals surface area contributed by atoms with Gasteiger partial charge in [0.15, 0.2) is 0 Å². The fourth-order valence-electron chi connectivity index (χ4n) is 1.34. The van der Waals surface area contributed by atoms with Crippen molar-refractivity contribution < 1.29 is 4.74 Å². The summed E-state index contributed by atoms with van der Waals surface area (Å²) in [6.45, 7) is 2.05. The van der Waals surface area contributed by atoms with E-state index in [0.717, 1.165) is 11.3 Å². The molecule has 78 valence electrons. The summed E-state index contributed by atoms with van der Waals surface area (Å²) in [7, 11) is 1.56. The van der Waals surface area contributed by atoms with E-state index in [1.807, 2.05) is 18.4 Å². The molecule has 0 unspecified atom stereocenters. The van der Waals surface area contributed by atoms with Gasteiger partial charge in [-0.15, -0.1) is 11.3 Å². The second-order valence-electron chi connectivity index (χ2n) is 3.04. The van der Waals surface area contributed by atoms with E-state index in [2.05, 4.69) is 9.97 Å². The molecule has 0 atom stereocenters. The van der Waals surface area contributed by atoms with Gasteiger partial charge >= 0.3 is 0 Å². The molecule has 2 aromatic heterocycles. The minimum absolute atomic E-state index is 0.231. The molecule has 2 heterocycles. The van der Waals surface area contributed by atoms with Crippen molar-refractivity contribution >= 4 is 17.3 Å². The summed E-state index contributed by atoms with van der Waals surface area (Å²) < 4.78 is 5.05. The number of rotatable bonds is 2. The minimum atomic E-state index is 0.231. The Morgan fingerprint density at radius 1 is 1.40 bits per heavy atom. The molecule has 4 nitrogen and oxygen atoms in total. The van der Waals surface area contributed by atoms with E-state index in [-0.39, 0.29) is 5.95 Å². The van der Waals surface area contributed by atoms with Crippen LogP contribution in [0.1, 0.15) is 4.88 Å². The van der Waals surface area contributed by atoms with Gasteiger partial charge in [0.2, 0.25) is 11.8 Å². The van der Waals surface area contributed by atoms with Crippen LogP contribution in [0.15, 0.2) is 17.5 Å². The molecule has 0 bridgehead atoms. The zero-order chi connectivity index (χ0) is 10.8. The van der Waals surface area contributed by atoms with Gasteiger partial charge in [0.1, 0.15) is 0 Å². The molecule has 0 aromatic carbocycles. The highest BCUT2D eigenvalue weighted by Crippen LogP contribution is 2.28. The Morgan fingerprint density at radius 3 is 2.80 bits per heavy atom. The molecule has 0 amide bonds. The molecule has 2 aromatic rings. The van der Waals surface area contributed by atoms with E-state index in [1.54, 1.807) is 24.5 Å². The third-order valence-corrected chi connectivity index (χ3v) is 2.91. The third-order valence-electron chi connectivity index (χ3n) is 2.06. The summed E-state index contributed by atoms with van der Waals surface area (Å²) in [5.41, 5.74) is 7.47. The molecular formula is C10H11N3OS. The van der Waals surface area contributed by atoms with E-state index in [0.29, 0.717) is 5.88 Å². The summed E-state index contributed by atoms with van der Waals surface area (Å²) in [5, 5.41) is 2.02. The topological polar surface area (TPSA) is 61.0 Å². The van der Waals surface area contributed by atoms with E-state index in [1.165, 1.54) is 4.88 Å². The number of aryl methyl sites for hydroxylation is 1. The van der Waals surface area contributed by atoms with Gasteiger partial charge in [-0.1, -0.05) is 0 Å². The highest BCUT2D eigenvalue weighted by atomic mass is 32.1. The molecule has 2 rings (SSSR count). The van der Waals surface area contributed by atoms with Gasteiger partial charge in [-0.2, -0.15) is 4.98 Å². The van der Waals surface area contributed by atoms with Gasteiger partial charge in [0.25, 0.3) is 0 Å². The molecule has 0 spiro atoms. The molecule has 0 fully saturated rings. The predicted octanol–water partition coefficient (Wildman–Crippen LogP) is 2.10. The zero-order valence-electron chi connectivity index (χ0n) is 8.52. The van der Waals surface area contributed by atoms with Crippen molar-refractivity contribution in [1.82, 2.24) is 9.97 Å². The Bertz CT molecular complexity index is 481. The number of anilines is 1. The monoisotopic (exact) mass is 221 g/mol. The van der Waals surface area contributed by atoms with Crippen molar-refractivity contribution in [3.05, 3.63) is 22.4 Å². The number of hydrogen-bond donors (Lipinski definition) is 1. The summed E-state index contributed by atoms with van der Waals surface area (Å²) in [6.07, 6.45) is 0. The van der Waals surface area contributed by atoms with Crippen LogP contribution >= 0.6 is 11.3 Å². The molecule has 0 aliphatic heterocycles. The quantitative estimate of drug-likeness (QED) is 0.843. The van der Waals surface area contributed by atoms with Crippen molar-refractivity contribution in [2.75, 3.05) is 12.8 Å². The van der Waals surface area contributed by atoms with Crippen molar-refractivity contribution in [3.8, 4) is 17.1 Å². The first-order chi connectivity index (χ1) is 7.20. The molecule has 5 heteroatoms. The largest absolute Gasteiger partial charge is 0.481 e. The van der Waals surface area contributed by atoms with Crippen LogP contribution in [-0.4, -0.2) is 17.1 Å². The highest BCUT2D eigenvalue weighted by molar-refractivity contribution is 7.10. The fourth-order valence-corrected chi connectivity index (χ4v) is 2.04. The molecule has 15 heavy (non-hydrogen) atoms. The number of methoxy groups -OCH3 is 1. The lowest BCUT2D eigenvalue weighted by Gasteiger charge is -2.04. The van der Waals surface area contributed by atoms with Crippen LogP contribution in [0.3, 0.4) is 0 Å². The van der Waals surface area contributed by atoms with Gasteiger partial charge in [0, 0.05) is 16.5 Å². The highest BCUT2D eigenvalue weighted by Gasteiger charge is 2.08. The normalized spacial score (nSPS) is 10.3. The lowest BCUT2D eigenvalue weighted by Crippen LogP contribution is -1.99. The summed E-state index contributed by atoms with van der Waals surface area (Å²) in [5.74, 6) is 0.720. The number of aromatic nitrogens is 2. The minimum Gasteiger partial charge on any atom is -0.481 e. The smallest absolute Gasteiger partial charge is 0.223 e. The number of nitrogens with two attached hydrogens (primary N) is 1. The molecule has 2 N–H and O–H groups in total. The average molecular weight is 221 g/mol. The maximum Gasteiger partial charge on any atom is 0.223 e. The van der Waals surface area contributed by atoms with E-state index >= 15 is 0 Å². The molecule has 0 saturated carbocycles. The number of nitrogens with zero attached hydrogens (tertiary/aromatic N) is 2. The molecule has 0 aliphatic rings. The van der Waals surface area contributed by atoms with Crippen molar-refractivity contribution in [2.45, 2.75) is 6.92 Å². The van der Waals surface area contributed by atoms with Crippen molar-refractivity contribution in [2.24, 2.45) is 0 Å². The van der Waals surface area contributed by atoms with Gasteiger partial charge in [-0.25, -0.2) is 4.98 Å². The maximum absolute atomic E-state index is 5.59. The predicted molar refractivity (Wildman–Crippen MR) is 61.0 cm³/mol. The zero-order valence-corrected chi connectivity index (χ0v) is 9.34. The lowest BCUT2D eigenvalue weighted by molar-refractivity contribution is 0.398. The van der Waals surface area contributed by atoms with E-state index in [4.69, 9.17) is 10.5 Å². The lowest BCUT2D eigenvalue weighted by atomic mass is 10.2. The third kappa shape index (κ3) is 1.92. The van der Waals surface area contributed by atoms with Crippen molar-refractivity contribution in [1.29, 1.82) is 0 Å². The number of thiophene rings is 1. The van der Waals surface area contributed by atoms with Crippen LogP contribution in [0, 0.1) is 6.92 Å². The summed E-state index contributed by atoms with van der Waals surface area (Å²) in [6, 6.07) is 3.80. The van der Waals surface area contributed by atoms with Crippen LogP contribution in [0.5, 0.6) is 5.88 Å². The van der Waals surface area contributed by atoms with Gasteiger partial charge < -0.3 is 10.5 Å². The Balaban J connectivity index is 2.53. The fraction of sp³-hybridized carbons (Fsp3) is 0.200. The average Bonchev–Trinajstić information content (AvgIpc) is 2.63. The standard InChI is InChI=1S/C10H11N3OS/c1-6-7(3-4-15-6)8-5-9(14-2)13-10(11)12-8/h3-5H,1-2H3,(H2,11,12,13). The maximum atomic E-state index is 5.59. The van der Waals surface area contributed by atoms with E-state index < -0.39 is 0 Å². The van der Waals surface area contributed by atoms with Gasteiger partial charge in [-0.3, -0.25) is 0 Å². The van der Waals surface area contributed by atoms with Crippen molar-refractivity contribution in [3.63, 3.8) is 0 Å². The van der Waals surface area contributed by atoms with E-state index in [9.17, 15) is 0 Å². The number of nitrogen functional groups attached to an aromatic ring is 1. The van der Waals surface area contributed by atoms with Gasteiger partial charge in [0.05, 0.1) is 12.8 Å². The van der Waals surface area contributed by atoms with Crippen LogP contribution in [-0.2, 0) is 0 Å². The Morgan fingerprint density at radius 2 is 2.20 bits per heavy atom. The Hall–Kier alpha value is -1.62. The van der Waals surface area contributed by atoms with Crippen LogP contribution in [0.4, 0.5) is 5.95 Å². The number of ether oxygens (including phenoxy) is 1. The Labute approximate surface area is 91.8 Å².